The van der Waals surface area contributed by atoms with Crippen LogP contribution in [0.3, 0.4) is 0 Å². The Morgan fingerprint density at radius 2 is 2.57 bits per heavy atom. The third kappa shape index (κ3) is 1.50. The molecule has 0 saturated carbocycles. The zero-order chi connectivity index (χ0) is 9.97. The number of hydrogen-bond acceptors (Lipinski definition) is 4. The van der Waals surface area contributed by atoms with Crippen LogP contribution in [0.25, 0.3) is 0 Å². The summed E-state index contributed by atoms with van der Waals surface area (Å²) in [4.78, 5) is 11.4. The van der Waals surface area contributed by atoms with Gasteiger partial charge in [0.05, 0.1) is 31.7 Å². The van der Waals surface area contributed by atoms with Crippen molar-refractivity contribution in [2.45, 2.75) is 12.8 Å². The van der Waals surface area contributed by atoms with Gasteiger partial charge in [-0.1, -0.05) is 0 Å². The van der Waals surface area contributed by atoms with Crippen molar-refractivity contribution >= 4 is 5.97 Å². The third-order valence-electron chi connectivity index (χ3n) is 2.21. The lowest BCUT2D eigenvalue weighted by molar-refractivity contribution is 0.00592. The second-order valence-corrected chi connectivity index (χ2v) is 3.15. The highest BCUT2D eigenvalue weighted by Crippen LogP contribution is 2.25. The average molecular weight is 196 g/mol. The fourth-order valence-corrected chi connectivity index (χ4v) is 1.38. The van der Waals surface area contributed by atoms with E-state index >= 15 is 0 Å². The average Bonchev–Trinajstić information content (AvgIpc) is 2.50. The number of carbonyl (C=O) groups excluding carboxylic acids is 1. The number of aromatic amines is 1. The van der Waals surface area contributed by atoms with Crippen LogP contribution in [0, 0.1) is 0 Å². The van der Waals surface area contributed by atoms with Crippen molar-refractivity contribution in [3.63, 3.8) is 0 Å². The number of nitrogens with zero attached hydrogens (tertiary/aromatic N) is 1. The lowest BCUT2D eigenvalue weighted by Crippen LogP contribution is -2.27. The molecule has 1 aromatic heterocycles. The highest BCUT2D eigenvalue weighted by Gasteiger charge is 2.27. The van der Waals surface area contributed by atoms with Crippen LogP contribution in [0.1, 0.15) is 28.9 Å². The van der Waals surface area contributed by atoms with Gasteiger partial charge in [-0.25, -0.2) is 4.79 Å². The summed E-state index contributed by atoms with van der Waals surface area (Å²) in [5, 5.41) is 6.66. The monoisotopic (exact) mass is 196 g/mol. The summed E-state index contributed by atoms with van der Waals surface area (Å²) in [5.74, 6) is -0.0555. The maximum atomic E-state index is 11.4. The fourth-order valence-electron chi connectivity index (χ4n) is 1.38. The van der Waals surface area contributed by atoms with Gasteiger partial charge in [0.25, 0.3) is 0 Å². The van der Waals surface area contributed by atoms with Crippen molar-refractivity contribution in [2.24, 2.45) is 0 Å². The van der Waals surface area contributed by atoms with Crippen LogP contribution in [0.4, 0.5) is 0 Å². The molecule has 1 aromatic rings. The van der Waals surface area contributed by atoms with E-state index in [0.29, 0.717) is 25.4 Å². The zero-order valence-corrected chi connectivity index (χ0v) is 7.95. The van der Waals surface area contributed by atoms with Gasteiger partial charge in [0, 0.05) is 5.92 Å². The number of ether oxygens (including phenoxy) is 2. The topological polar surface area (TPSA) is 64.2 Å². The molecule has 1 fully saturated rings. The molecule has 0 amide bonds. The van der Waals surface area contributed by atoms with Crippen LogP contribution >= 0.6 is 0 Å². The molecule has 1 aliphatic heterocycles. The molecule has 1 saturated heterocycles. The molecule has 0 aliphatic carbocycles. The van der Waals surface area contributed by atoms with Gasteiger partial charge in [0.2, 0.25) is 0 Å². The van der Waals surface area contributed by atoms with E-state index in [2.05, 4.69) is 10.2 Å². The first-order chi connectivity index (χ1) is 6.83. The van der Waals surface area contributed by atoms with Gasteiger partial charge in [-0.15, -0.1) is 0 Å². The normalized spacial score (nSPS) is 16.4. The summed E-state index contributed by atoms with van der Waals surface area (Å²) >= 11 is 0. The molecule has 0 bridgehead atoms. The van der Waals surface area contributed by atoms with Crippen molar-refractivity contribution in [1.82, 2.24) is 10.2 Å². The predicted molar refractivity (Wildman–Crippen MR) is 48.1 cm³/mol. The smallest absolute Gasteiger partial charge is 0.341 e. The number of esters is 1. The lowest BCUT2D eigenvalue weighted by Gasteiger charge is -2.25. The van der Waals surface area contributed by atoms with Crippen molar-refractivity contribution in [3.05, 3.63) is 17.5 Å². The van der Waals surface area contributed by atoms with Crippen molar-refractivity contribution in [1.29, 1.82) is 0 Å². The molecule has 2 rings (SSSR count). The Kier molecular flexibility index (Phi) is 2.49. The minimum absolute atomic E-state index is 0.261. The van der Waals surface area contributed by atoms with Gasteiger partial charge < -0.3 is 9.47 Å². The summed E-state index contributed by atoms with van der Waals surface area (Å²) in [6, 6.07) is 0. The highest BCUT2D eigenvalue weighted by atomic mass is 16.5. The summed E-state index contributed by atoms with van der Waals surface area (Å²) in [7, 11) is 0. The Balaban J connectivity index is 2.16. The lowest BCUT2D eigenvalue weighted by atomic mass is 10.0. The van der Waals surface area contributed by atoms with Crippen molar-refractivity contribution in [3.8, 4) is 0 Å². The molecule has 5 nitrogen and oxygen atoms in total. The first-order valence-corrected chi connectivity index (χ1v) is 4.61. The SMILES string of the molecule is CCOC(=O)c1cn[nH]c1C1COC1. The Labute approximate surface area is 81.4 Å². The van der Waals surface area contributed by atoms with E-state index in [1.165, 1.54) is 6.20 Å². The van der Waals surface area contributed by atoms with Crippen molar-refractivity contribution in [2.75, 3.05) is 19.8 Å². The van der Waals surface area contributed by atoms with E-state index in [0.717, 1.165) is 5.69 Å². The van der Waals surface area contributed by atoms with Crippen LogP contribution in [0.5, 0.6) is 0 Å². The highest BCUT2D eigenvalue weighted by molar-refractivity contribution is 5.90. The number of H-pyrrole nitrogens is 1. The summed E-state index contributed by atoms with van der Waals surface area (Å²) in [5.41, 5.74) is 1.36. The number of hydrogen-bond donors (Lipinski definition) is 1. The molecule has 0 spiro atoms. The van der Waals surface area contributed by atoms with Crippen LogP contribution in [0.15, 0.2) is 6.20 Å². The molecule has 1 aliphatic rings. The fraction of sp³-hybridized carbons (Fsp3) is 0.556. The number of nitrogens with one attached hydrogen (secondary N) is 1. The molecule has 76 valence electrons. The molecule has 0 aromatic carbocycles. The first kappa shape index (κ1) is 9.21. The second-order valence-electron chi connectivity index (χ2n) is 3.15. The van der Waals surface area contributed by atoms with E-state index in [4.69, 9.17) is 9.47 Å². The predicted octanol–water partition coefficient (Wildman–Crippen LogP) is 0.700. The standard InChI is InChI=1S/C9H12N2O3/c1-2-14-9(12)7-3-10-11-8(7)6-4-13-5-6/h3,6H,2,4-5H2,1H3,(H,10,11). The third-order valence-corrected chi connectivity index (χ3v) is 2.21. The quantitative estimate of drug-likeness (QED) is 0.723. The molecule has 5 heteroatoms. The first-order valence-electron chi connectivity index (χ1n) is 4.61. The van der Waals surface area contributed by atoms with Crippen LogP contribution < -0.4 is 0 Å². The van der Waals surface area contributed by atoms with Gasteiger partial charge in [0.1, 0.15) is 5.56 Å². The Bertz CT molecular complexity index is 331. The molecular weight excluding hydrogens is 184 g/mol. The van der Waals surface area contributed by atoms with E-state index < -0.39 is 0 Å². The molecule has 14 heavy (non-hydrogen) atoms. The van der Waals surface area contributed by atoms with E-state index in [9.17, 15) is 4.79 Å². The molecule has 2 heterocycles. The van der Waals surface area contributed by atoms with E-state index in [1.807, 2.05) is 0 Å². The molecular formula is C9H12N2O3. The Hall–Kier alpha value is -1.36. The second kappa shape index (κ2) is 3.79. The molecule has 1 N–H and O–H groups in total. The Morgan fingerprint density at radius 1 is 1.79 bits per heavy atom. The maximum absolute atomic E-state index is 11.4. The van der Waals surface area contributed by atoms with E-state index in [-0.39, 0.29) is 11.9 Å². The van der Waals surface area contributed by atoms with Gasteiger partial charge >= 0.3 is 5.97 Å². The molecule has 0 radical (unpaired) electrons. The minimum atomic E-state index is -0.317. The number of aromatic nitrogens is 2. The van der Waals surface area contributed by atoms with Crippen LogP contribution in [-0.2, 0) is 9.47 Å². The van der Waals surface area contributed by atoms with Gasteiger partial charge in [-0.2, -0.15) is 5.10 Å². The van der Waals surface area contributed by atoms with Gasteiger partial charge in [-0.3, -0.25) is 5.10 Å². The molecule has 0 unspecified atom stereocenters. The summed E-state index contributed by atoms with van der Waals surface area (Å²) in [6.07, 6.45) is 1.51. The zero-order valence-electron chi connectivity index (χ0n) is 7.95. The summed E-state index contributed by atoms with van der Waals surface area (Å²) < 4.78 is 9.96. The largest absolute Gasteiger partial charge is 0.462 e. The number of carbonyl (C=O) groups is 1. The van der Waals surface area contributed by atoms with Crippen molar-refractivity contribution < 1.29 is 14.3 Å². The maximum Gasteiger partial charge on any atom is 0.341 e. The Morgan fingerprint density at radius 3 is 3.14 bits per heavy atom. The van der Waals surface area contributed by atoms with Gasteiger partial charge in [-0.05, 0) is 6.92 Å². The summed E-state index contributed by atoms with van der Waals surface area (Å²) in [6.45, 7) is 3.46. The van der Waals surface area contributed by atoms with Crippen LogP contribution in [-0.4, -0.2) is 36.0 Å². The minimum Gasteiger partial charge on any atom is -0.462 e. The van der Waals surface area contributed by atoms with Gasteiger partial charge in [0.15, 0.2) is 0 Å². The van der Waals surface area contributed by atoms with E-state index in [1.54, 1.807) is 6.92 Å². The molecule has 0 atom stereocenters. The number of rotatable bonds is 3. The van der Waals surface area contributed by atoms with Crippen LogP contribution in [0.2, 0.25) is 0 Å².